The van der Waals surface area contributed by atoms with Crippen molar-refractivity contribution in [3.63, 3.8) is 0 Å². The minimum atomic E-state index is -0.209. The predicted molar refractivity (Wildman–Crippen MR) is 356 cm³/mol. The third kappa shape index (κ3) is 7.54. The van der Waals surface area contributed by atoms with Crippen molar-refractivity contribution in [1.82, 2.24) is 19.1 Å². The standard InChI is InChI=1S/C81H58N4/c1-3-81(4-2)69-47-51(49-84-77(61-23-13-7-14-24-61)75(59-19-9-5-10-20-59)82-79(84)67-45-39-57-35-33-53-27-17-29-55-37-43-65(67)73(57)71(53)55)31-41-63(69)64-42-32-52(48-70(64)81)50-85-78(62-25-15-8-16-26-62)76(60-21-11-6-12-22-60)83-80(85)68-46-40-58-36-34-54-28-18-30-56-38-44-66(68)74(58)72(54)56/h5-48H,3-4,49-50H2,1-2H3. The summed E-state index contributed by atoms with van der Waals surface area (Å²) in [6.07, 6.45) is 1.94. The van der Waals surface area contributed by atoms with Crippen LogP contribution in [0.25, 0.3) is 144 Å². The molecule has 2 aromatic heterocycles. The lowest BCUT2D eigenvalue weighted by Gasteiger charge is -2.30. The van der Waals surface area contributed by atoms with Gasteiger partial charge in [-0.25, -0.2) is 9.97 Å². The summed E-state index contributed by atoms with van der Waals surface area (Å²) in [5.74, 6) is 1.93. The molecule has 0 spiro atoms. The summed E-state index contributed by atoms with van der Waals surface area (Å²) in [6.45, 7) is 6.06. The predicted octanol–water partition coefficient (Wildman–Crippen LogP) is 21.1. The first-order chi connectivity index (χ1) is 42.0. The molecule has 85 heavy (non-hydrogen) atoms. The molecule has 0 fully saturated rings. The van der Waals surface area contributed by atoms with E-state index in [0.717, 1.165) is 80.6 Å². The second-order valence-corrected chi connectivity index (χ2v) is 23.4. The van der Waals surface area contributed by atoms with Crippen molar-refractivity contribution in [2.75, 3.05) is 0 Å². The van der Waals surface area contributed by atoms with Crippen LogP contribution in [0, 0.1) is 0 Å². The Morgan fingerprint density at radius 3 is 1.01 bits per heavy atom. The van der Waals surface area contributed by atoms with Crippen LogP contribution in [0.5, 0.6) is 0 Å². The molecule has 0 amide bonds. The molecule has 0 unspecified atom stereocenters. The number of hydrogen-bond acceptors (Lipinski definition) is 2. The maximum atomic E-state index is 5.78. The molecule has 402 valence electrons. The van der Waals surface area contributed by atoms with Crippen molar-refractivity contribution in [3.05, 3.63) is 289 Å². The van der Waals surface area contributed by atoms with Crippen molar-refractivity contribution in [1.29, 1.82) is 0 Å². The second-order valence-electron chi connectivity index (χ2n) is 23.4. The van der Waals surface area contributed by atoms with E-state index in [2.05, 4.69) is 290 Å². The third-order valence-electron chi connectivity index (χ3n) is 19.0. The number of benzene rings is 14. The molecule has 16 aromatic rings. The van der Waals surface area contributed by atoms with Crippen molar-refractivity contribution in [2.24, 2.45) is 0 Å². The SMILES string of the molecule is CCC1(CC)c2cc(Cn3c(-c4ccc5ccc6cccc7ccc4c5c67)nc(-c4ccccc4)c3-c3ccccc3)ccc2-c2ccc(Cn3c(-c4ccc5ccc6cccc7ccc4c5c67)nc(-c4ccccc4)c3-c3ccccc3)cc21. The van der Waals surface area contributed by atoms with Gasteiger partial charge in [-0.05, 0) is 111 Å². The van der Waals surface area contributed by atoms with Crippen molar-refractivity contribution < 1.29 is 0 Å². The number of rotatable bonds is 12. The van der Waals surface area contributed by atoms with Gasteiger partial charge in [-0.3, -0.25) is 0 Å². The summed E-state index contributed by atoms with van der Waals surface area (Å²) in [7, 11) is 0. The molecule has 17 rings (SSSR count). The molecular weight excluding hydrogens is 1030 g/mol. The van der Waals surface area contributed by atoms with Crippen molar-refractivity contribution >= 4 is 64.6 Å². The van der Waals surface area contributed by atoms with Gasteiger partial charge in [0, 0.05) is 51.9 Å². The van der Waals surface area contributed by atoms with E-state index in [9.17, 15) is 0 Å². The quantitative estimate of drug-likeness (QED) is 0.114. The van der Waals surface area contributed by atoms with Crippen molar-refractivity contribution in [3.8, 4) is 78.9 Å². The average molecular weight is 1090 g/mol. The largest absolute Gasteiger partial charge is 0.319 e. The summed E-state index contributed by atoms with van der Waals surface area (Å²) in [4.78, 5) is 11.6. The van der Waals surface area contributed by atoms with E-state index >= 15 is 0 Å². The van der Waals surface area contributed by atoms with Gasteiger partial charge in [-0.2, -0.15) is 0 Å². The fourth-order valence-electron chi connectivity index (χ4n) is 15.0. The number of imidazole rings is 2. The average Bonchev–Trinajstić information content (AvgIpc) is 2.28. The fourth-order valence-corrected chi connectivity index (χ4v) is 15.0. The van der Waals surface area contributed by atoms with Crippen LogP contribution in [0.15, 0.2) is 267 Å². The Kier molecular flexibility index (Phi) is 11.2. The Hall–Kier alpha value is -10.4. The Balaban J connectivity index is 0.821. The van der Waals surface area contributed by atoms with Crippen LogP contribution in [-0.4, -0.2) is 19.1 Å². The Morgan fingerprint density at radius 2 is 0.635 bits per heavy atom. The molecule has 0 radical (unpaired) electrons. The number of hydrogen-bond donors (Lipinski definition) is 0. The molecule has 0 N–H and O–H groups in total. The van der Waals surface area contributed by atoms with Crippen molar-refractivity contribution in [2.45, 2.75) is 45.2 Å². The second kappa shape index (κ2) is 19.3. The monoisotopic (exact) mass is 1090 g/mol. The smallest absolute Gasteiger partial charge is 0.142 e. The van der Waals surface area contributed by atoms with Gasteiger partial charge in [0.25, 0.3) is 0 Å². The Labute approximate surface area is 494 Å². The van der Waals surface area contributed by atoms with Gasteiger partial charge in [0.05, 0.1) is 22.8 Å². The van der Waals surface area contributed by atoms with E-state index in [4.69, 9.17) is 9.97 Å². The van der Waals surface area contributed by atoms with E-state index < -0.39 is 0 Å². The Morgan fingerprint density at radius 1 is 0.306 bits per heavy atom. The van der Waals surface area contributed by atoms with Gasteiger partial charge >= 0.3 is 0 Å². The van der Waals surface area contributed by atoms with E-state index in [1.165, 1.54) is 98.0 Å². The molecular formula is C81H58N4. The summed E-state index contributed by atoms with van der Waals surface area (Å²) in [5.41, 5.74) is 18.7. The number of fused-ring (bicyclic) bond motifs is 3. The molecule has 4 heteroatoms. The zero-order chi connectivity index (χ0) is 56.3. The van der Waals surface area contributed by atoms with E-state index in [1.54, 1.807) is 0 Å². The van der Waals surface area contributed by atoms with Gasteiger partial charge in [0.1, 0.15) is 11.6 Å². The molecule has 0 aliphatic heterocycles. The highest BCUT2D eigenvalue weighted by molar-refractivity contribution is 6.26. The van der Waals surface area contributed by atoms with Gasteiger partial charge in [-0.1, -0.05) is 281 Å². The first-order valence-electron chi connectivity index (χ1n) is 30.1. The van der Waals surface area contributed by atoms with Crippen LogP contribution in [0.3, 0.4) is 0 Å². The molecule has 1 aliphatic rings. The van der Waals surface area contributed by atoms with E-state index in [-0.39, 0.29) is 5.41 Å². The number of aromatic nitrogens is 4. The summed E-state index contributed by atoms with van der Waals surface area (Å²) in [6, 6.07) is 98.9. The van der Waals surface area contributed by atoms with Crippen LogP contribution in [-0.2, 0) is 18.5 Å². The lowest BCUT2D eigenvalue weighted by molar-refractivity contribution is 0.489. The molecule has 4 nitrogen and oxygen atoms in total. The summed E-state index contributed by atoms with van der Waals surface area (Å²) in [5, 5.41) is 15.2. The zero-order valence-corrected chi connectivity index (χ0v) is 47.5. The maximum Gasteiger partial charge on any atom is 0.142 e. The highest BCUT2D eigenvalue weighted by atomic mass is 15.1. The number of nitrogens with zero attached hydrogens (tertiary/aromatic N) is 4. The highest BCUT2D eigenvalue weighted by Gasteiger charge is 2.41. The minimum Gasteiger partial charge on any atom is -0.319 e. The van der Waals surface area contributed by atoms with Gasteiger partial charge in [0.15, 0.2) is 0 Å². The van der Waals surface area contributed by atoms with Gasteiger partial charge in [-0.15, -0.1) is 0 Å². The Bertz CT molecular complexity index is 4880. The van der Waals surface area contributed by atoms with Crippen LogP contribution in [0.1, 0.15) is 48.9 Å². The molecule has 0 saturated heterocycles. The normalized spacial score (nSPS) is 12.9. The molecule has 1 aliphatic carbocycles. The lowest BCUT2D eigenvalue weighted by Crippen LogP contribution is -2.23. The summed E-state index contributed by atoms with van der Waals surface area (Å²) < 4.78 is 5.03. The van der Waals surface area contributed by atoms with Crippen LogP contribution in [0.4, 0.5) is 0 Å². The van der Waals surface area contributed by atoms with E-state index in [1.807, 2.05) is 0 Å². The molecule has 0 bridgehead atoms. The van der Waals surface area contributed by atoms with Gasteiger partial charge < -0.3 is 9.13 Å². The van der Waals surface area contributed by atoms with E-state index in [0.29, 0.717) is 13.1 Å². The maximum absolute atomic E-state index is 5.78. The van der Waals surface area contributed by atoms with Crippen LogP contribution < -0.4 is 0 Å². The molecule has 0 atom stereocenters. The fraction of sp³-hybridized carbons (Fsp3) is 0.0864. The zero-order valence-electron chi connectivity index (χ0n) is 47.5. The van der Waals surface area contributed by atoms with Crippen LogP contribution >= 0.6 is 0 Å². The lowest BCUT2D eigenvalue weighted by atomic mass is 9.73. The van der Waals surface area contributed by atoms with Crippen LogP contribution in [0.2, 0.25) is 0 Å². The first-order valence-corrected chi connectivity index (χ1v) is 30.1. The third-order valence-corrected chi connectivity index (χ3v) is 19.0. The minimum absolute atomic E-state index is 0.209. The topological polar surface area (TPSA) is 35.6 Å². The highest BCUT2D eigenvalue weighted by Crippen LogP contribution is 2.54. The molecule has 14 aromatic carbocycles. The first kappa shape index (κ1) is 49.2. The molecule has 0 saturated carbocycles. The van der Waals surface area contributed by atoms with Gasteiger partial charge in [0.2, 0.25) is 0 Å². The molecule has 2 heterocycles. The summed E-state index contributed by atoms with van der Waals surface area (Å²) >= 11 is 0.